The SMILES string of the molecule is Cc1ccc(C(NC(=O)C2(C)CCCO2)C(=O)O)cc1. The summed E-state index contributed by atoms with van der Waals surface area (Å²) >= 11 is 0. The van der Waals surface area contributed by atoms with Gasteiger partial charge in [-0.15, -0.1) is 0 Å². The topological polar surface area (TPSA) is 75.6 Å². The van der Waals surface area contributed by atoms with Gasteiger partial charge in [0.15, 0.2) is 6.04 Å². The average Bonchev–Trinajstić information content (AvgIpc) is 2.85. The maximum atomic E-state index is 12.2. The summed E-state index contributed by atoms with van der Waals surface area (Å²) in [7, 11) is 0. The van der Waals surface area contributed by atoms with E-state index >= 15 is 0 Å². The zero-order chi connectivity index (χ0) is 14.8. The summed E-state index contributed by atoms with van der Waals surface area (Å²) in [6.07, 6.45) is 1.42. The van der Waals surface area contributed by atoms with E-state index in [2.05, 4.69) is 5.32 Å². The van der Waals surface area contributed by atoms with Gasteiger partial charge in [-0.25, -0.2) is 4.79 Å². The lowest BCUT2D eigenvalue weighted by atomic mass is 9.99. The predicted molar refractivity (Wildman–Crippen MR) is 73.3 cm³/mol. The molecule has 1 fully saturated rings. The molecule has 2 unspecified atom stereocenters. The Morgan fingerprint density at radius 1 is 1.35 bits per heavy atom. The maximum absolute atomic E-state index is 12.2. The van der Waals surface area contributed by atoms with Crippen LogP contribution in [0.15, 0.2) is 24.3 Å². The number of carbonyl (C=O) groups excluding carboxylic acids is 1. The molecule has 0 saturated carbocycles. The van der Waals surface area contributed by atoms with E-state index in [-0.39, 0.29) is 5.91 Å². The number of carbonyl (C=O) groups is 2. The smallest absolute Gasteiger partial charge is 0.330 e. The number of carboxylic acids is 1. The Morgan fingerprint density at radius 2 is 2.00 bits per heavy atom. The minimum absolute atomic E-state index is 0.372. The van der Waals surface area contributed by atoms with Crippen LogP contribution in [0, 0.1) is 6.92 Å². The largest absolute Gasteiger partial charge is 0.479 e. The van der Waals surface area contributed by atoms with E-state index in [4.69, 9.17) is 4.74 Å². The summed E-state index contributed by atoms with van der Waals surface area (Å²) in [6, 6.07) is 6.03. The number of carboxylic acid groups (broad SMARTS) is 1. The van der Waals surface area contributed by atoms with Gasteiger partial charge in [0.05, 0.1) is 0 Å². The molecule has 5 nitrogen and oxygen atoms in total. The summed E-state index contributed by atoms with van der Waals surface area (Å²) < 4.78 is 5.43. The lowest BCUT2D eigenvalue weighted by Crippen LogP contribution is -2.47. The minimum atomic E-state index is -1.08. The number of aryl methyl sites for hydroxylation is 1. The van der Waals surface area contributed by atoms with E-state index in [0.29, 0.717) is 18.6 Å². The number of ether oxygens (including phenoxy) is 1. The Balaban J connectivity index is 2.16. The van der Waals surface area contributed by atoms with Gasteiger partial charge in [0.25, 0.3) is 5.91 Å². The molecule has 0 aliphatic carbocycles. The molecule has 1 heterocycles. The van der Waals surface area contributed by atoms with E-state index in [9.17, 15) is 14.7 Å². The Hall–Kier alpha value is -1.88. The first-order valence-corrected chi connectivity index (χ1v) is 6.67. The Kier molecular flexibility index (Phi) is 4.09. The normalized spacial score (nSPS) is 23.3. The molecule has 1 saturated heterocycles. The molecule has 2 atom stereocenters. The highest BCUT2D eigenvalue weighted by Crippen LogP contribution is 2.26. The molecule has 2 N–H and O–H groups in total. The van der Waals surface area contributed by atoms with Gasteiger partial charge in [-0.05, 0) is 32.3 Å². The first kappa shape index (κ1) is 14.5. The van der Waals surface area contributed by atoms with Crippen molar-refractivity contribution in [3.05, 3.63) is 35.4 Å². The third-order valence-corrected chi connectivity index (χ3v) is 3.63. The van der Waals surface area contributed by atoms with Gasteiger partial charge in [0, 0.05) is 6.61 Å². The van der Waals surface area contributed by atoms with E-state index in [1.165, 1.54) is 0 Å². The molecular formula is C15H19NO4. The summed E-state index contributed by atoms with van der Waals surface area (Å²) in [4.78, 5) is 23.6. The highest BCUT2D eigenvalue weighted by molar-refractivity contribution is 5.89. The molecule has 1 aromatic rings. The van der Waals surface area contributed by atoms with Crippen LogP contribution in [0.25, 0.3) is 0 Å². The highest BCUT2D eigenvalue weighted by Gasteiger charge is 2.39. The second-order valence-corrected chi connectivity index (χ2v) is 5.34. The van der Waals surface area contributed by atoms with Crippen LogP contribution in [0.1, 0.15) is 36.9 Å². The minimum Gasteiger partial charge on any atom is -0.479 e. The predicted octanol–water partition coefficient (Wildman–Crippen LogP) is 1.81. The van der Waals surface area contributed by atoms with Crippen LogP contribution in [0.2, 0.25) is 0 Å². The molecule has 1 amide bonds. The molecule has 20 heavy (non-hydrogen) atoms. The third-order valence-electron chi connectivity index (χ3n) is 3.63. The molecule has 0 radical (unpaired) electrons. The van der Waals surface area contributed by atoms with E-state index < -0.39 is 17.6 Å². The van der Waals surface area contributed by atoms with Gasteiger partial charge in [-0.3, -0.25) is 4.79 Å². The quantitative estimate of drug-likeness (QED) is 0.880. The number of hydrogen-bond donors (Lipinski definition) is 2. The fraction of sp³-hybridized carbons (Fsp3) is 0.467. The zero-order valence-electron chi connectivity index (χ0n) is 11.7. The molecular weight excluding hydrogens is 258 g/mol. The standard InChI is InChI=1S/C15H19NO4/c1-10-4-6-11(7-5-10)12(13(17)18)16-14(19)15(2)8-3-9-20-15/h4-7,12H,3,8-9H2,1-2H3,(H,16,19)(H,17,18). The van der Waals surface area contributed by atoms with E-state index in [0.717, 1.165) is 12.0 Å². The second-order valence-electron chi connectivity index (χ2n) is 5.34. The van der Waals surface area contributed by atoms with Crippen molar-refractivity contribution in [2.45, 2.75) is 38.3 Å². The highest BCUT2D eigenvalue weighted by atomic mass is 16.5. The van der Waals surface area contributed by atoms with Crippen molar-refractivity contribution in [2.75, 3.05) is 6.61 Å². The van der Waals surface area contributed by atoms with Crippen molar-refractivity contribution >= 4 is 11.9 Å². The van der Waals surface area contributed by atoms with Crippen molar-refractivity contribution in [2.24, 2.45) is 0 Å². The molecule has 2 rings (SSSR count). The second kappa shape index (κ2) is 5.63. The zero-order valence-corrected chi connectivity index (χ0v) is 11.7. The van der Waals surface area contributed by atoms with Gasteiger partial charge >= 0.3 is 5.97 Å². The van der Waals surface area contributed by atoms with Gasteiger partial charge in [-0.1, -0.05) is 29.8 Å². The lowest BCUT2D eigenvalue weighted by Gasteiger charge is -2.24. The molecule has 1 aromatic carbocycles. The van der Waals surface area contributed by atoms with Crippen molar-refractivity contribution in [3.63, 3.8) is 0 Å². The third kappa shape index (κ3) is 2.99. The molecule has 1 aliphatic rings. The van der Waals surface area contributed by atoms with E-state index in [1.807, 2.05) is 19.1 Å². The molecule has 1 aliphatic heterocycles. The summed E-state index contributed by atoms with van der Waals surface area (Å²) in [5.41, 5.74) is 0.673. The van der Waals surface area contributed by atoms with Crippen LogP contribution in [0.3, 0.4) is 0 Å². The Morgan fingerprint density at radius 3 is 2.50 bits per heavy atom. The fourth-order valence-corrected chi connectivity index (χ4v) is 2.29. The Labute approximate surface area is 117 Å². The first-order valence-electron chi connectivity index (χ1n) is 6.67. The average molecular weight is 277 g/mol. The van der Waals surface area contributed by atoms with Crippen LogP contribution in [-0.2, 0) is 14.3 Å². The molecule has 0 spiro atoms. The number of nitrogens with one attached hydrogen (secondary N) is 1. The van der Waals surface area contributed by atoms with Crippen LogP contribution in [0.5, 0.6) is 0 Å². The van der Waals surface area contributed by atoms with Crippen molar-refractivity contribution in [1.82, 2.24) is 5.32 Å². The van der Waals surface area contributed by atoms with Gasteiger partial charge in [0.2, 0.25) is 0 Å². The number of amides is 1. The monoisotopic (exact) mass is 277 g/mol. The molecule has 0 bridgehead atoms. The fourth-order valence-electron chi connectivity index (χ4n) is 2.29. The molecule has 108 valence electrons. The number of aliphatic carboxylic acids is 1. The maximum Gasteiger partial charge on any atom is 0.330 e. The van der Waals surface area contributed by atoms with E-state index in [1.54, 1.807) is 19.1 Å². The molecule has 0 aromatic heterocycles. The lowest BCUT2D eigenvalue weighted by molar-refractivity contribution is -0.147. The van der Waals surface area contributed by atoms with Crippen molar-refractivity contribution in [1.29, 1.82) is 0 Å². The van der Waals surface area contributed by atoms with Gasteiger partial charge < -0.3 is 15.2 Å². The van der Waals surface area contributed by atoms with Crippen LogP contribution >= 0.6 is 0 Å². The van der Waals surface area contributed by atoms with Crippen LogP contribution in [-0.4, -0.2) is 29.2 Å². The number of rotatable bonds is 4. The Bertz CT molecular complexity index is 503. The number of benzene rings is 1. The van der Waals surface area contributed by atoms with Crippen LogP contribution < -0.4 is 5.32 Å². The van der Waals surface area contributed by atoms with Crippen LogP contribution in [0.4, 0.5) is 0 Å². The van der Waals surface area contributed by atoms with Crippen molar-refractivity contribution < 1.29 is 19.4 Å². The summed E-state index contributed by atoms with van der Waals surface area (Å²) in [5.74, 6) is -1.45. The molecule has 5 heteroatoms. The summed E-state index contributed by atoms with van der Waals surface area (Å²) in [5, 5.41) is 11.9. The number of hydrogen-bond acceptors (Lipinski definition) is 3. The summed E-state index contributed by atoms with van der Waals surface area (Å²) in [6.45, 7) is 4.15. The first-order chi connectivity index (χ1) is 9.42. The van der Waals surface area contributed by atoms with Crippen molar-refractivity contribution in [3.8, 4) is 0 Å². The van der Waals surface area contributed by atoms with Gasteiger partial charge in [-0.2, -0.15) is 0 Å². The van der Waals surface area contributed by atoms with Gasteiger partial charge in [0.1, 0.15) is 5.60 Å².